The molecule has 1 aliphatic heterocycles. The van der Waals surface area contributed by atoms with E-state index in [1.54, 1.807) is 7.11 Å². The van der Waals surface area contributed by atoms with E-state index < -0.39 is 0 Å². The van der Waals surface area contributed by atoms with Crippen molar-refractivity contribution in [3.63, 3.8) is 0 Å². The van der Waals surface area contributed by atoms with E-state index in [1.807, 2.05) is 36.4 Å². The fourth-order valence-electron chi connectivity index (χ4n) is 4.02. The summed E-state index contributed by atoms with van der Waals surface area (Å²) >= 11 is 0. The Hall–Kier alpha value is -2.86. The van der Waals surface area contributed by atoms with Crippen LogP contribution in [-0.2, 0) is 22.6 Å². The molecule has 2 aromatic carbocycles. The quantitative estimate of drug-likeness (QED) is 0.702. The first-order valence-electron chi connectivity index (χ1n) is 10.4. The molecule has 3 rings (SSSR count). The highest BCUT2D eigenvalue weighted by molar-refractivity contribution is 5.80. The van der Waals surface area contributed by atoms with E-state index in [9.17, 15) is 9.59 Å². The SMILES string of the molecule is COc1ccc(CCNC(=O)C2CN(C)CC2c2cccc(CNC(C)=O)c2)cc1. The van der Waals surface area contributed by atoms with Gasteiger partial charge < -0.3 is 20.3 Å². The Kier molecular flexibility index (Phi) is 7.46. The van der Waals surface area contributed by atoms with E-state index in [0.29, 0.717) is 13.1 Å². The standard InChI is InChI=1S/C24H31N3O3/c1-17(28)26-14-19-5-4-6-20(13-19)22-15-27(2)16-23(22)24(29)25-12-11-18-7-9-21(30-3)10-8-18/h4-10,13,22-23H,11-12,14-16H2,1-3H3,(H,25,29)(H,26,28). The maximum absolute atomic E-state index is 13.0. The number of benzene rings is 2. The van der Waals surface area contributed by atoms with Crippen molar-refractivity contribution in [1.82, 2.24) is 15.5 Å². The van der Waals surface area contributed by atoms with Crippen LogP contribution in [0, 0.1) is 5.92 Å². The molecule has 30 heavy (non-hydrogen) atoms. The number of carbonyl (C=O) groups is 2. The molecular weight excluding hydrogens is 378 g/mol. The zero-order valence-electron chi connectivity index (χ0n) is 18.0. The van der Waals surface area contributed by atoms with Gasteiger partial charge in [-0.3, -0.25) is 9.59 Å². The number of hydrogen-bond donors (Lipinski definition) is 2. The van der Waals surface area contributed by atoms with E-state index in [2.05, 4.69) is 34.7 Å². The molecule has 2 N–H and O–H groups in total. The van der Waals surface area contributed by atoms with Crippen LogP contribution in [0.15, 0.2) is 48.5 Å². The average Bonchev–Trinajstić information content (AvgIpc) is 3.15. The number of nitrogens with zero attached hydrogens (tertiary/aromatic N) is 1. The van der Waals surface area contributed by atoms with Gasteiger partial charge >= 0.3 is 0 Å². The maximum Gasteiger partial charge on any atom is 0.225 e. The molecule has 1 heterocycles. The van der Waals surface area contributed by atoms with Gasteiger partial charge in [-0.15, -0.1) is 0 Å². The molecular formula is C24H31N3O3. The number of ether oxygens (including phenoxy) is 1. The Morgan fingerprint density at radius 3 is 2.53 bits per heavy atom. The van der Waals surface area contributed by atoms with Gasteiger partial charge in [0.25, 0.3) is 0 Å². The average molecular weight is 410 g/mol. The van der Waals surface area contributed by atoms with Crippen molar-refractivity contribution in [1.29, 1.82) is 0 Å². The fraction of sp³-hybridized carbons (Fsp3) is 0.417. The normalized spacial score (nSPS) is 18.8. The zero-order valence-corrected chi connectivity index (χ0v) is 18.0. The summed E-state index contributed by atoms with van der Waals surface area (Å²) in [5.41, 5.74) is 3.37. The molecule has 2 atom stereocenters. The van der Waals surface area contributed by atoms with E-state index in [0.717, 1.165) is 36.4 Å². The van der Waals surface area contributed by atoms with Crippen LogP contribution in [0.2, 0.25) is 0 Å². The van der Waals surface area contributed by atoms with Gasteiger partial charge in [0.1, 0.15) is 5.75 Å². The smallest absolute Gasteiger partial charge is 0.225 e. The number of nitrogens with one attached hydrogen (secondary N) is 2. The lowest BCUT2D eigenvalue weighted by Gasteiger charge is -2.19. The number of likely N-dealkylation sites (N-methyl/N-ethyl adjacent to an activating group) is 1. The van der Waals surface area contributed by atoms with Gasteiger partial charge in [0, 0.05) is 39.0 Å². The van der Waals surface area contributed by atoms with Crippen LogP contribution in [-0.4, -0.2) is 50.5 Å². The molecule has 0 spiro atoms. The first kappa shape index (κ1) is 21.8. The molecule has 0 aromatic heterocycles. The van der Waals surface area contributed by atoms with Gasteiger partial charge in [-0.2, -0.15) is 0 Å². The van der Waals surface area contributed by atoms with Crippen molar-refractivity contribution in [2.45, 2.75) is 25.8 Å². The molecule has 2 amide bonds. The first-order valence-corrected chi connectivity index (χ1v) is 10.4. The van der Waals surface area contributed by atoms with Gasteiger partial charge in [0.15, 0.2) is 0 Å². The number of methoxy groups -OCH3 is 1. The highest BCUT2D eigenvalue weighted by Crippen LogP contribution is 2.32. The minimum Gasteiger partial charge on any atom is -0.497 e. The third-order valence-corrected chi connectivity index (χ3v) is 5.63. The largest absolute Gasteiger partial charge is 0.497 e. The lowest BCUT2D eigenvalue weighted by Crippen LogP contribution is -2.35. The molecule has 6 nitrogen and oxygen atoms in total. The predicted octanol–water partition coefficient (Wildman–Crippen LogP) is 2.34. The van der Waals surface area contributed by atoms with Gasteiger partial charge in [0.05, 0.1) is 13.0 Å². The van der Waals surface area contributed by atoms with Crippen LogP contribution in [0.3, 0.4) is 0 Å². The third kappa shape index (κ3) is 5.83. The Morgan fingerprint density at radius 1 is 1.07 bits per heavy atom. The highest BCUT2D eigenvalue weighted by atomic mass is 16.5. The van der Waals surface area contributed by atoms with Gasteiger partial charge in [-0.05, 0) is 42.3 Å². The van der Waals surface area contributed by atoms with Crippen molar-refractivity contribution >= 4 is 11.8 Å². The fourth-order valence-corrected chi connectivity index (χ4v) is 4.02. The Balaban J connectivity index is 1.60. The summed E-state index contributed by atoms with van der Waals surface area (Å²) in [7, 11) is 3.71. The van der Waals surface area contributed by atoms with E-state index >= 15 is 0 Å². The predicted molar refractivity (Wildman–Crippen MR) is 117 cm³/mol. The van der Waals surface area contributed by atoms with Crippen LogP contribution in [0.25, 0.3) is 0 Å². The monoisotopic (exact) mass is 409 g/mol. The molecule has 160 valence electrons. The summed E-state index contributed by atoms with van der Waals surface area (Å²) < 4.78 is 5.18. The Bertz CT molecular complexity index is 866. The summed E-state index contributed by atoms with van der Waals surface area (Å²) in [5.74, 6) is 0.954. The second-order valence-corrected chi connectivity index (χ2v) is 7.98. The molecule has 0 saturated carbocycles. The van der Waals surface area contributed by atoms with E-state index in [-0.39, 0.29) is 23.7 Å². The van der Waals surface area contributed by atoms with Crippen LogP contribution >= 0.6 is 0 Å². The van der Waals surface area contributed by atoms with Gasteiger partial charge in [-0.1, -0.05) is 36.4 Å². The molecule has 0 bridgehead atoms. The summed E-state index contributed by atoms with van der Waals surface area (Å²) in [6.07, 6.45) is 0.787. The Labute approximate surface area is 178 Å². The van der Waals surface area contributed by atoms with Gasteiger partial charge in [-0.25, -0.2) is 0 Å². The minimum atomic E-state index is -0.0816. The second kappa shape index (κ2) is 10.3. The minimum absolute atomic E-state index is 0.0462. The van der Waals surface area contributed by atoms with E-state index in [4.69, 9.17) is 4.74 Å². The molecule has 1 aliphatic rings. The van der Waals surface area contributed by atoms with Crippen LogP contribution in [0.5, 0.6) is 5.75 Å². The van der Waals surface area contributed by atoms with Crippen molar-refractivity contribution < 1.29 is 14.3 Å². The number of rotatable bonds is 8. The number of carbonyl (C=O) groups excluding carboxylic acids is 2. The molecule has 0 radical (unpaired) electrons. The van der Waals surface area contributed by atoms with E-state index in [1.165, 1.54) is 12.5 Å². The molecule has 2 aromatic rings. The molecule has 2 unspecified atom stereocenters. The lowest BCUT2D eigenvalue weighted by atomic mass is 9.87. The number of likely N-dealkylation sites (tertiary alicyclic amines) is 1. The third-order valence-electron chi connectivity index (χ3n) is 5.63. The first-order chi connectivity index (χ1) is 14.5. The summed E-state index contributed by atoms with van der Waals surface area (Å²) in [5, 5.41) is 5.96. The van der Waals surface area contributed by atoms with Crippen LogP contribution in [0.1, 0.15) is 29.5 Å². The topological polar surface area (TPSA) is 70.7 Å². The van der Waals surface area contributed by atoms with Gasteiger partial charge in [0.2, 0.25) is 11.8 Å². The lowest BCUT2D eigenvalue weighted by molar-refractivity contribution is -0.125. The van der Waals surface area contributed by atoms with Crippen molar-refractivity contribution in [2.24, 2.45) is 5.92 Å². The van der Waals surface area contributed by atoms with Crippen LogP contribution in [0.4, 0.5) is 0 Å². The molecule has 1 fully saturated rings. The molecule has 6 heteroatoms. The molecule has 1 saturated heterocycles. The van der Waals surface area contributed by atoms with Crippen molar-refractivity contribution in [3.05, 3.63) is 65.2 Å². The van der Waals surface area contributed by atoms with Crippen LogP contribution < -0.4 is 15.4 Å². The summed E-state index contributed by atoms with van der Waals surface area (Å²) in [6, 6.07) is 16.1. The second-order valence-electron chi connectivity index (χ2n) is 7.98. The zero-order chi connectivity index (χ0) is 21.5. The number of amides is 2. The Morgan fingerprint density at radius 2 is 1.83 bits per heavy atom. The highest BCUT2D eigenvalue weighted by Gasteiger charge is 2.36. The number of hydrogen-bond acceptors (Lipinski definition) is 4. The summed E-state index contributed by atoms with van der Waals surface area (Å²) in [6.45, 7) is 4.22. The molecule has 0 aliphatic carbocycles. The summed E-state index contributed by atoms with van der Waals surface area (Å²) in [4.78, 5) is 26.4. The maximum atomic E-state index is 13.0. The van der Waals surface area contributed by atoms with Crippen molar-refractivity contribution in [2.75, 3.05) is 33.8 Å². The van der Waals surface area contributed by atoms with Crippen molar-refractivity contribution in [3.8, 4) is 5.75 Å².